The van der Waals surface area contributed by atoms with Gasteiger partial charge in [-0.1, -0.05) is 12.1 Å². The van der Waals surface area contributed by atoms with Crippen molar-refractivity contribution in [2.45, 2.75) is 45.2 Å². The molecule has 2 unspecified atom stereocenters. The smallest absolute Gasteiger partial charge is 0.239 e. The number of carbonyl (C=O) groups is 1. The van der Waals surface area contributed by atoms with Crippen molar-refractivity contribution in [1.82, 2.24) is 10.2 Å². The molecule has 0 aliphatic carbocycles. The maximum absolute atomic E-state index is 13.1. The topological polar surface area (TPSA) is 32.3 Å². The molecule has 1 fully saturated rings. The lowest BCUT2D eigenvalue weighted by Crippen LogP contribution is -2.47. The number of likely N-dealkylation sites (tertiary alicyclic amines) is 1. The quantitative estimate of drug-likeness (QED) is 0.896. The Morgan fingerprint density at radius 2 is 2.05 bits per heavy atom. The highest BCUT2D eigenvalue weighted by Crippen LogP contribution is 2.10. The van der Waals surface area contributed by atoms with E-state index < -0.39 is 0 Å². The molecular weight excluding hydrogens is 255 g/mol. The fourth-order valence-electron chi connectivity index (χ4n) is 2.79. The number of halogens is 1. The van der Waals surface area contributed by atoms with Gasteiger partial charge in [0.2, 0.25) is 5.91 Å². The first-order valence-corrected chi connectivity index (χ1v) is 7.35. The van der Waals surface area contributed by atoms with Crippen LogP contribution in [0.15, 0.2) is 24.3 Å². The van der Waals surface area contributed by atoms with Crippen LogP contribution in [0.2, 0.25) is 0 Å². The molecule has 1 aliphatic rings. The number of hydrogen-bond acceptors (Lipinski definition) is 2. The van der Waals surface area contributed by atoms with Gasteiger partial charge in [-0.05, 0) is 50.8 Å². The number of amides is 1. The van der Waals surface area contributed by atoms with Gasteiger partial charge in [0, 0.05) is 19.1 Å². The summed E-state index contributed by atoms with van der Waals surface area (Å²) >= 11 is 0. The summed E-state index contributed by atoms with van der Waals surface area (Å²) in [6.07, 6.45) is 2.93. The Bertz CT molecular complexity index is 458. The summed E-state index contributed by atoms with van der Waals surface area (Å²) < 4.78 is 13.1. The van der Waals surface area contributed by atoms with Crippen molar-refractivity contribution in [1.29, 1.82) is 0 Å². The number of nitrogens with one attached hydrogen (secondary N) is 1. The number of carbonyl (C=O) groups excluding carboxylic acids is 1. The zero-order valence-corrected chi connectivity index (χ0v) is 12.2. The summed E-state index contributed by atoms with van der Waals surface area (Å²) in [5, 5.41) is 3.31. The lowest BCUT2D eigenvalue weighted by molar-refractivity contribution is -0.132. The largest absolute Gasteiger partial charge is 0.341 e. The van der Waals surface area contributed by atoms with E-state index in [0.29, 0.717) is 0 Å². The number of rotatable bonds is 5. The summed E-state index contributed by atoms with van der Waals surface area (Å²) in [6, 6.07) is 6.58. The molecule has 0 saturated carbocycles. The zero-order valence-electron chi connectivity index (χ0n) is 12.2. The predicted octanol–water partition coefficient (Wildman–Crippen LogP) is 2.36. The van der Waals surface area contributed by atoms with Gasteiger partial charge in [-0.25, -0.2) is 4.39 Å². The second-order valence-electron chi connectivity index (χ2n) is 5.66. The van der Waals surface area contributed by atoms with E-state index in [1.165, 1.54) is 6.07 Å². The molecule has 2 atom stereocenters. The molecule has 1 aromatic carbocycles. The molecule has 1 amide bonds. The third-order valence-electron chi connectivity index (χ3n) is 3.75. The zero-order chi connectivity index (χ0) is 14.5. The Morgan fingerprint density at radius 3 is 2.70 bits per heavy atom. The molecule has 0 spiro atoms. The van der Waals surface area contributed by atoms with Crippen molar-refractivity contribution < 1.29 is 9.18 Å². The van der Waals surface area contributed by atoms with Crippen molar-refractivity contribution in [3.05, 3.63) is 35.6 Å². The van der Waals surface area contributed by atoms with Crippen molar-refractivity contribution in [3.8, 4) is 0 Å². The van der Waals surface area contributed by atoms with Gasteiger partial charge in [0.25, 0.3) is 0 Å². The van der Waals surface area contributed by atoms with E-state index in [9.17, 15) is 9.18 Å². The van der Waals surface area contributed by atoms with Crippen molar-refractivity contribution >= 4 is 5.91 Å². The summed E-state index contributed by atoms with van der Waals surface area (Å²) in [4.78, 5) is 14.1. The minimum Gasteiger partial charge on any atom is -0.341 e. The molecule has 1 aliphatic heterocycles. The molecule has 1 heterocycles. The van der Waals surface area contributed by atoms with Gasteiger partial charge in [0.05, 0.1) is 6.04 Å². The lowest BCUT2D eigenvalue weighted by Gasteiger charge is -2.24. The first-order chi connectivity index (χ1) is 9.56. The van der Waals surface area contributed by atoms with E-state index in [2.05, 4.69) is 5.32 Å². The van der Waals surface area contributed by atoms with Crippen LogP contribution in [0.3, 0.4) is 0 Å². The molecular formula is C16H23FN2O. The highest BCUT2D eigenvalue weighted by Gasteiger charge is 2.23. The van der Waals surface area contributed by atoms with Crippen molar-refractivity contribution in [2.75, 3.05) is 13.1 Å². The molecule has 20 heavy (non-hydrogen) atoms. The molecule has 4 heteroatoms. The van der Waals surface area contributed by atoms with Crippen LogP contribution < -0.4 is 5.32 Å². The van der Waals surface area contributed by atoms with Crippen LogP contribution in [0, 0.1) is 5.82 Å². The monoisotopic (exact) mass is 278 g/mol. The average molecular weight is 278 g/mol. The fraction of sp³-hybridized carbons (Fsp3) is 0.562. The number of benzene rings is 1. The van der Waals surface area contributed by atoms with E-state index in [1.54, 1.807) is 12.1 Å². The third kappa shape index (κ3) is 4.04. The van der Waals surface area contributed by atoms with Crippen LogP contribution in [0.4, 0.5) is 4.39 Å². The minimum atomic E-state index is -0.212. The van der Waals surface area contributed by atoms with Crippen molar-refractivity contribution in [3.63, 3.8) is 0 Å². The molecule has 0 radical (unpaired) electrons. The lowest BCUT2D eigenvalue weighted by atomic mass is 10.1. The molecule has 2 rings (SSSR count). The van der Waals surface area contributed by atoms with Gasteiger partial charge in [0.15, 0.2) is 0 Å². The molecule has 1 saturated heterocycles. The number of hydrogen-bond donors (Lipinski definition) is 1. The average Bonchev–Trinajstić information content (AvgIpc) is 2.91. The van der Waals surface area contributed by atoms with Gasteiger partial charge in [-0.15, -0.1) is 0 Å². The van der Waals surface area contributed by atoms with Gasteiger partial charge in [0.1, 0.15) is 5.82 Å². The van der Waals surface area contributed by atoms with Crippen LogP contribution in [0.5, 0.6) is 0 Å². The molecule has 0 aromatic heterocycles. The van der Waals surface area contributed by atoms with E-state index >= 15 is 0 Å². The van der Waals surface area contributed by atoms with E-state index in [-0.39, 0.29) is 23.8 Å². The van der Waals surface area contributed by atoms with Gasteiger partial charge in [-0.3, -0.25) is 4.79 Å². The molecule has 0 bridgehead atoms. The minimum absolute atomic E-state index is 0.137. The van der Waals surface area contributed by atoms with Crippen molar-refractivity contribution in [2.24, 2.45) is 0 Å². The summed E-state index contributed by atoms with van der Waals surface area (Å²) in [7, 11) is 0. The van der Waals surface area contributed by atoms with Gasteiger partial charge in [-0.2, -0.15) is 0 Å². The number of nitrogens with zero attached hydrogens (tertiary/aromatic N) is 1. The Kier molecular flexibility index (Phi) is 5.12. The highest BCUT2D eigenvalue weighted by atomic mass is 19.1. The Balaban J connectivity index is 1.84. The van der Waals surface area contributed by atoms with Gasteiger partial charge >= 0.3 is 0 Å². The first kappa shape index (κ1) is 15.0. The Morgan fingerprint density at radius 1 is 1.35 bits per heavy atom. The highest BCUT2D eigenvalue weighted by molar-refractivity contribution is 5.81. The molecule has 3 nitrogen and oxygen atoms in total. The SMILES string of the molecule is CC(Cc1cccc(F)c1)NC(C)C(=O)N1CCCC1. The second-order valence-corrected chi connectivity index (χ2v) is 5.66. The van der Waals surface area contributed by atoms with Crippen LogP contribution in [-0.2, 0) is 11.2 Å². The molecule has 1 N–H and O–H groups in total. The van der Waals surface area contributed by atoms with Crippen LogP contribution >= 0.6 is 0 Å². The van der Waals surface area contributed by atoms with Crippen LogP contribution in [0.25, 0.3) is 0 Å². The second kappa shape index (κ2) is 6.84. The fourth-order valence-corrected chi connectivity index (χ4v) is 2.79. The maximum Gasteiger partial charge on any atom is 0.239 e. The molecule has 1 aromatic rings. The van der Waals surface area contributed by atoms with E-state index in [1.807, 2.05) is 24.8 Å². The molecule has 110 valence electrons. The van der Waals surface area contributed by atoms with Crippen LogP contribution in [0.1, 0.15) is 32.3 Å². The predicted molar refractivity (Wildman–Crippen MR) is 78.0 cm³/mol. The van der Waals surface area contributed by atoms with E-state index in [4.69, 9.17) is 0 Å². The summed E-state index contributed by atoms with van der Waals surface area (Å²) in [5.74, 6) is -0.0375. The van der Waals surface area contributed by atoms with Gasteiger partial charge < -0.3 is 10.2 Å². The van der Waals surface area contributed by atoms with Crippen LogP contribution in [-0.4, -0.2) is 36.0 Å². The third-order valence-corrected chi connectivity index (χ3v) is 3.75. The van der Waals surface area contributed by atoms with E-state index in [0.717, 1.165) is 37.9 Å². The normalized spacial score (nSPS) is 18.1. The Labute approximate surface area is 120 Å². The maximum atomic E-state index is 13.1. The first-order valence-electron chi connectivity index (χ1n) is 7.35. The summed E-state index contributed by atoms with van der Waals surface area (Å²) in [5.41, 5.74) is 0.950. The standard InChI is InChI=1S/C16H23FN2O/c1-12(10-14-6-5-7-15(17)11-14)18-13(2)16(20)19-8-3-4-9-19/h5-7,11-13,18H,3-4,8-10H2,1-2H3. The Hall–Kier alpha value is -1.42. The summed E-state index contributed by atoms with van der Waals surface area (Å²) in [6.45, 7) is 5.69.